The summed E-state index contributed by atoms with van der Waals surface area (Å²) in [7, 11) is 1.62. The summed E-state index contributed by atoms with van der Waals surface area (Å²) >= 11 is 0. The smallest absolute Gasteiger partial charge is 0.225 e. The molecular formula is C16H21N7O. The molecule has 8 nitrogen and oxygen atoms in total. The zero-order chi connectivity index (χ0) is 16.8. The van der Waals surface area contributed by atoms with E-state index >= 15 is 0 Å². The maximum atomic E-state index is 6.11. The monoisotopic (exact) mass is 327 g/mol. The van der Waals surface area contributed by atoms with Gasteiger partial charge in [0, 0.05) is 38.6 Å². The highest BCUT2D eigenvalue weighted by atomic mass is 16.5. The summed E-state index contributed by atoms with van der Waals surface area (Å²) in [6.45, 7) is 3.69. The topological polar surface area (TPSA) is 92.8 Å². The maximum Gasteiger partial charge on any atom is 0.225 e. The molecule has 0 aliphatic carbocycles. The molecule has 0 saturated carbocycles. The first-order chi connectivity index (χ1) is 11.8. The average molecular weight is 327 g/mol. The molecule has 8 heteroatoms. The maximum absolute atomic E-state index is 6.11. The lowest BCUT2D eigenvalue weighted by Gasteiger charge is -2.35. The van der Waals surface area contributed by atoms with Crippen LogP contribution in [0.1, 0.15) is 5.69 Å². The summed E-state index contributed by atoms with van der Waals surface area (Å²) in [5.74, 6) is 2.03. The fourth-order valence-electron chi connectivity index (χ4n) is 2.48. The number of anilines is 1. The Balaban J connectivity index is 1.53. The van der Waals surface area contributed by atoms with Crippen LogP contribution in [0.3, 0.4) is 0 Å². The van der Waals surface area contributed by atoms with Gasteiger partial charge in [-0.25, -0.2) is 15.0 Å². The van der Waals surface area contributed by atoms with Crippen molar-refractivity contribution >= 4 is 11.9 Å². The van der Waals surface area contributed by atoms with E-state index in [1.54, 1.807) is 25.7 Å². The van der Waals surface area contributed by atoms with Crippen molar-refractivity contribution in [3.63, 3.8) is 0 Å². The molecular weight excluding hydrogens is 306 g/mol. The number of guanidine groups is 1. The fraction of sp³-hybridized carbons (Fsp3) is 0.375. The van der Waals surface area contributed by atoms with Gasteiger partial charge >= 0.3 is 0 Å². The van der Waals surface area contributed by atoms with Crippen LogP contribution < -0.4 is 15.4 Å². The molecule has 1 saturated heterocycles. The second-order valence-corrected chi connectivity index (χ2v) is 5.39. The van der Waals surface area contributed by atoms with Gasteiger partial charge in [-0.1, -0.05) is 0 Å². The molecule has 0 spiro atoms. The number of hydrogen-bond donors (Lipinski definition) is 1. The Morgan fingerprint density at radius 2 is 1.92 bits per heavy atom. The van der Waals surface area contributed by atoms with E-state index in [9.17, 15) is 0 Å². The lowest BCUT2D eigenvalue weighted by Crippen LogP contribution is -2.51. The van der Waals surface area contributed by atoms with Crippen LogP contribution in [0.5, 0.6) is 5.75 Å². The highest BCUT2D eigenvalue weighted by Crippen LogP contribution is 2.11. The second-order valence-electron chi connectivity index (χ2n) is 5.39. The third-order valence-corrected chi connectivity index (χ3v) is 3.88. The predicted molar refractivity (Wildman–Crippen MR) is 91.9 cm³/mol. The molecule has 0 bridgehead atoms. The van der Waals surface area contributed by atoms with Crippen molar-refractivity contribution in [2.75, 3.05) is 38.2 Å². The summed E-state index contributed by atoms with van der Waals surface area (Å²) in [5.41, 5.74) is 6.97. The minimum Gasteiger partial charge on any atom is -0.495 e. The van der Waals surface area contributed by atoms with Crippen molar-refractivity contribution in [3.05, 3.63) is 42.5 Å². The number of pyridine rings is 1. The number of aromatic nitrogens is 3. The number of ether oxygens (including phenoxy) is 1. The Morgan fingerprint density at radius 1 is 1.17 bits per heavy atom. The second kappa shape index (κ2) is 7.58. The van der Waals surface area contributed by atoms with E-state index in [0.29, 0.717) is 12.5 Å². The van der Waals surface area contributed by atoms with Gasteiger partial charge in [-0.2, -0.15) is 0 Å². The Morgan fingerprint density at radius 3 is 2.54 bits per heavy atom. The Hall–Kier alpha value is -2.90. The summed E-state index contributed by atoms with van der Waals surface area (Å²) in [6, 6.07) is 5.57. The van der Waals surface area contributed by atoms with E-state index in [-0.39, 0.29) is 0 Å². The first-order valence-electron chi connectivity index (χ1n) is 7.82. The Bertz CT molecular complexity index is 667. The molecule has 2 aromatic heterocycles. The zero-order valence-corrected chi connectivity index (χ0v) is 13.7. The first-order valence-corrected chi connectivity index (χ1v) is 7.82. The molecule has 3 rings (SSSR count). The van der Waals surface area contributed by atoms with Crippen LogP contribution in [0.2, 0.25) is 0 Å². The molecule has 1 aliphatic rings. The number of nitrogens with zero attached hydrogens (tertiary/aromatic N) is 6. The summed E-state index contributed by atoms with van der Waals surface area (Å²) in [5, 5.41) is 0. The summed E-state index contributed by atoms with van der Waals surface area (Å²) in [6.07, 6.45) is 5.19. The molecule has 24 heavy (non-hydrogen) atoms. The van der Waals surface area contributed by atoms with Gasteiger partial charge in [0.15, 0.2) is 5.96 Å². The van der Waals surface area contributed by atoms with Gasteiger partial charge < -0.3 is 20.3 Å². The quantitative estimate of drug-likeness (QED) is 0.646. The van der Waals surface area contributed by atoms with Gasteiger partial charge in [0.2, 0.25) is 5.95 Å². The van der Waals surface area contributed by atoms with Crippen LogP contribution in [0.4, 0.5) is 5.95 Å². The molecule has 0 atom stereocenters. The van der Waals surface area contributed by atoms with Crippen molar-refractivity contribution in [3.8, 4) is 5.75 Å². The molecule has 0 radical (unpaired) electrons. The van der Waals surface area contributed by atoms with Gasteiger partial charge in [0.05, 0.1) is 25.5 Å². The molecule has 0 amide bonds. The summed E-state index contributed by atoms with van der Waals surface area (Å²) < 4.78 is 5.09. The number of piperazine rings is 1. The van der Waals surface area contributed by atoms with Crippen LogP contribution in [0, 0.1) is 0 Å². The van der Waals surface area contributed by atoms with Gasteiger partial charge in [0.25, 0.3) is 0 Å². The van der Waals surface area contributed by atoms with E-state index < -0.39 is 0 Å². The minimum absolute atomic E-state index is 0.456. The number of hydrogen-bond acceptors (Lipinski definition) is 6. The number of methoxy groups -OCH3 is 1. The Kier molecular flexibility index (Phi) is 5.05. The number of nitrogens with two attached hydrogens (primary N) is 1. The summed E-state index contributed by atoms with van der Waals surface area (Å²) in [4.78, 5) is 21.5. The van der Waals surface area contributed by atoms with Crippen LogP contribution in [0.25, 0.3) is 0 Å². The van der Waals surface area contributed by atoms with E-state index in [1.807, 2.05) is 18.2 Å². The van der Waals surface area contributed by atoms with Crippen molar-refractivity contribution in [1.29, 1.82) is 0 Å². The van der Waals surface area contributed by atoms with E-state index in [1.165, 1.54) is 0 Å². The van der Waals surface area contributed by atoms with Crippen LogP contribution in [-0.4, -0.2) is 59.1 Å². The fourth-order valence-corrected chi connectivity index (χ4v) is 2.48. The van der Waals surface area contributed by atoms with E-state index in [0.717, 1.165) is 43.6 Å². The lowest BCUT2D eigenvalue weighted by atomic mass is 10.3. The molecule has 2 aromatic rings. The highest BCUT2D eigenvalue weighted by molar-refractivity contribution is 5.78. The Labute approximate surface area is 141 Å². The third kappa shape index (κ3) is 3.89. The molecule has 3 heterocycles. The van der Waals surface area contributed by atoms with Crippen LogP contribution in [-0.2, 0) is 6.54 Å². The van der Waals surface area contributed by atoms with Crippen molar-refractivity contribution < 1.29 is 4.74 Å². The molecule has 126 valence electrons. The van der Waals surface area contributed by atoms with E-state index in [4.69, 9.17) is 10.5 Å². The zero-order valence-electron chi connectivity index (χ0n) is 13.7. The van der Waals surface area contributed by atoms with Crippen molar-refractivity contribution in [1.82, 2.24) is 19.9 Å². The largest absolute Gasteiger partial charge is 0.495 e. The molecule has 0 aromatic carbocycles. The molecule has 1 aliphatic heterocycles. The van der Waals surface area contributed by atoms with Gasteiger partial charge in [-0.05, 0) is 18.2 Å². The minimum atomic E-state index is 0.456. The highest BCUT2D eigenvalue weighted by Gasteiger charge is 2.19. The standard InChI is InChI=1S/C16H21N7O/c1-24-14-4-3-13(20-12-14)11-21-15(17)22-7-9-23(10-8-22)16-18-5-2-6-19-16/h2-6,12H,7-11H2,1H3,(H2,17,21). The van der Waals surface area contributed by atoms with Crippen molar-refractivity contribution in [2.24, 2.45) is 10.7 Å². The van der Waals surface area contributed by atoms with Gasteiger partial charge in [0.1, 0.15) is 5.75 Å². The van der Waals surface area contributed by atoms with Crippen LogP contribution in [0.15, 0.2) is 41.8 Å². The first kappa shape index (κ1) is 16.0. The number of rotatable bonds is 4. The lowest BCUT2D eigenvalue weighted by molar-refractivity contribution is 0.378. The SMILES string of the molecule is COc1ccc(CN=C(N)N2CCN(c3ncccn3)CC2)nc1. The predicted octanol–water partition coefficient (Wildman–Crippen LogP) is 0.517. The van der Waals surface area contributed by atoms with Gasteiger partial charge in [-0.3, -0.25) is 4.98 Å². The molecule has 0 unspecified atom stereocenters. The normalized spacial score (nSPS) is 15.5. The average Bonchev–Trinajstić information content (AvgIpc) is 2.67. The van der Waals surface area contributed by atoms with Crippen molar-refractivity contribution in [2.45, 2.75) is 6.54 Å². The molecule has 2 N–H and O–H groups in total. The molecule has 1 fully saturated rings. The van der Waals surface area contributed by atoms with E-state index in [2.05, 4.69) is 29.7 Å². The number of aliphatic imine (C=N–C) groups is 1. The van der Waals surface area contributed by atoms with Crippen LogP contribution >= 0.6 is 0 Å². The third-order valence-electron chi connectivity index (χ3n) is 3.88. The van der Waals surface area contributed by atoms with Gasteiger partial charge in [-0.15, -0.1) is 0 Å².